The van der Waals surface area contributed by atoms with Gasteiger partial charge >= 0.3 is 0 Å². The van der Waals surface area contributed by atoms with Crippen LogP contribution in [0.15, 0.2) is 24.3 Å². The lowest BCUT2D eigenvalue weighted by molar-refractivity contribution is 0.122. The predicted octanol–water partition coefficient (Wildman–Crippen LogP) is 1.22. The van der Waals surface area contributed by atoms with Gasteiger partial charge in [0.1, 0.15) is 5.82 Å². The first-order valence-electron chi connectivity index (χ1n) is 8.34. The van der Waals surface area contributed by atoms with Gasteiger partial charge in [0.15, 0.2) is 0 Å². The molecule has 2 saturated heterocycles. The van der Waals surface area contributed by atoms with Gasteiger partial charge in [0.2, 0.25) is 5.95 Å². The van der Waals surface area contributed by atoms with E-state index in [-0.39, 0.29) is 0 Å². The second-order valence-electron chi connectivity index (χ2n) is 6.25. The van der Waals surface area contributed by atoms with Gasteiger partial charge in [-0.1, -0.05) is 12.1 Å². The Morgan fingerprint density at radius 2 is 1.61 bits per heavy atom. The standard InChI is InChI=1S/C17H23N5O/c1-20-6-8-22(9-7-20)17-18-15-5-3-2-4-14(15)16(19-17)21-10-12-23-13-11-21/h2-5H,6-13H2,1H3. The molecule has 23 heavy (non-hydrogen) atoms. The number of rotatable bonds is 2. The van der Waals surface area contributed by atoms with Crippen molar-refractivity contribution in [3.63, 3.8) is 0 Å². The summed E-state index contributed by atoms with van der Waals surface area (Å²) < 4.78 is 5.49. The Morgan fingerprint density at radius 3 is 2.39 bits per heavy atom. The molecule has 4 rings (SSSR count). The SMILES string of the molecule is CN1CCN(c2nc(N3CCOCC3)c3ccccc3n2)CC1. The summed E-state index contributed by atoms with van der Waals surface area (Å²) in [6, 6.07) is 8.31. The van der Waals surface area contributed by atoms with E-state index in [1.54, 1.807) is 0 Å². The summed E-state index contributed by atoms with van der Waals surface area (Å²) in [5.41, 5.74) is 1.03. The summed E-state index contributed by atoms with van der Waals surface area (Å²) in [7, 11) is 2.16. The number of hydrogen-bond donors (Lipinski definition) is 0. The van der Waals surface area contributed by atoms with Crippen molar-refractivity contribution in [3.8, 4) is 0 Å². The number of nitrogens with zero attached hydrogens (tertiary/aromatic N) is 5. The van der Waals surface area contributed by atoms with Crippen LogP contribution in [0.4, 0.5) is 11.8 Å². The van der Waals surface area contributed by atoms with Crippen molar-refractivity contribution < 1.29 is 4.74 Å². The Morgan fingerprint density at radius 1 is 0.870 bits per heavy atom. The average molecular weight is 313 g/mol. The largest absolute Gasteiger partial charge is 0.378 e. The maximum absolute atomic E-state index is 5.49. The number of benzene rings is 1. The lowest BCUT2D eigenvalue weighted by Crippen LogP contribution is -2.45. The third kappa shape index (κ3) is 2.96. The fourth-order valence-corrected chi connectivity index (χ4v) is 3.21. The molecule has 0 aliphatic carbocycles. The highest BCUT2D eigenvalue weighted by atomic mass is 16.5. The first-order valence-corrected chi connectivity index (χ1v) is 8.34. The van der Waals surface area contributed by atoms with Crippen molar-refractivity contribution in [1.82, 2.24) is 14.9 Å². The van der Waals surface area contributed by atoms with Crippen molar-refractivity contribution in [3.05, 3.63) is 24.3 Å². The van der Waals surface area contributed by atoms with Crippen molar-refractivity contribution >= 4 is 22.7 Å². The molecule has 0 bridgehead atoms. The zero-order chi connectivity index (χ0) is 15.6. The molecular weight excluding hydrogens is 290 g/mol. The molecule has 0 spiro atoms. The van der Waals surface area contributed by atoms with E-state index in [2.05, 4.69) is 39.9 Å². The molecule has 3 heterocycles. The van der Waals surface area contributed by atoms with Crippen molar-refractivity contribution in [2.24, 2.45) is 0 Å². The fraction of sp³-hybridized carbons (Fsp3) is 0.529. The van der Waals surface area contributed by atoms with Gasteiger partial charge in [-0.3, -0.25) is 0 Å². The molecule has 1 aromatic heterocycles. The number of hydrogen-bond acceptors (Lipinski definition) is 6. The fourth-order valence-electron chi connectivity index (χ4n) is 3.21. The van der Waals surface area contributed by atoms with E-state index >= 15 is 0 Å². The monoisotopic (exact) mass is 313 g/mol. The van der Waals surface area contributed by atoms with Gasteiger partial charge in [0.25, 0.3) is 0 Å². The number of piperazine rings is 1. The van der Waals surface area contributed by atoms with Gasteiger partial charge in [0.05, 0.1) is 18.7 Å². The average Bonchev–Trinajstić information content (AvgIpc) is 2.62. The molecule has 0 atom stereocenters. The van der Waals surface area contributed by atoms with Crippen LogP contribution in [0.2, 0.25) is 0 Å². The molecule has 122 valence electrons. The second-order valence-corrected chi connectivity index (χ2v) is 6.25. The Labute approximate surface area is 136 Å². The Bertz CT molecular complexity index is 678. The number of likely N-dealkylation sites (N-methyl/N-ethyl adjacent to an activating group) is 1. The lowest BCUT2D eigenvalue weighted by atomic mass is 10.2. The molecule has 6 heteroatoms. The van der Waals surface area contributed by atoms with Crippen LogP contribution in [0.5, 0.6) is 0 Å². The number of anilines is 2. The topological polar surface area (TPSA) is 44.7 Å². The second kappa shape index (κ2) is 6.29. The molecule has 1 aromatic carbocycles. The van der Waals surface area contributed by atoms with Crippen molar-refractivity contribution in [1.29, 1.82) is 0 Å². The van der Waals surface area contributed by atoms with Crippen LogP contribution < -0.4 is 9.80 Å². The molecule has 2 fully saturated rings. The molecule has 0 amide bonds. The first kappa shape index (κ1) is 14.7. The van der Waals surface area contributed by atoms with Crippen molar-refractivity contribution in [2.75, 3.05) is 69.3 Å². The van der Waals surface area contributed by atoms with Crippen LogP contribution >= 0.6 is 0 Å². The summed E-state index contributed by atoms with van der Waals surface area (Å²) in [4.78, 5) is 16.7. The number of fused-ring (bicyclic) bond motifs is 1. The Hall–Kier alpha value is -1.92. The maximum atomic E-state index is 5.49. The van der Waals surface area contributed by atoms with Crippen LogP contribution in [0.1, 0.15) is 0 Å². The first-order chi connectivity index (χ1) is 11.3. The van der Waals surface area contributed by atoms with E-state index in [1.165, 1.54) is 0 Å². The van der Waals surface area contributed by atoms with Gasteiger partial charge in [-0.15, -0.1) is 0 Å². The van der Waals surface area contributed by atoms with Crippen LogP contribution in [0.3, 0.4) is 0 Å². The lowest BCUT2D eigenvalue weighted by Gasteiger charge is -2.34. The van der Waals surface area contributed by atoms with Crippen molar-refractivity contribution in [2.45, 2.75) is 0 Å². The highest BCUT2D eigenvalue weighted by Crippen LogP contribution is 2.27. The van der Waals surface area contributed by atoms with E-state index in [1.807, 2.05) is 6.07 Å². The van der Waals surface area contributed by atoms with Crippen LogP contribution in [0.25, 0.3) is 10.9 Å². The summed E-state index contributed by atoms with van der Waals surface area (Å²) in [5.74, 6) is 1.91. The van der Waals surface area contributed by atoms with Crippen LogP contribution in [0, 0.1) is 0 Å². The minimum atomic E-state index is 0.766. The van der Waals surface area contributed by atoms with Gasteiger partial charge in [0, 0.05) is 44.7 Å². The number of morpholine rings is 1. The summed E-state index contributed by atoms with van der Waals surface area (Å²) in [6.07, 6.45) is 0. The van der Waals surface area contributed by atoms with Gasteiger partial charge in [-0.05, 0) is 19.2 Å². The summed E-state index contributed by atoms with van der Waals surface area (Å²) >= 11 is 0. The Balaban J connectivity index is 1.74. The summed E-state index contributed by atoms with van der Waals surface area (Å²) in [5, 5.41) is 1.13. The molecule has 0 radical (unpaired) electrons. The predicted molar refractivity (Wildman–Crippen MR) is 92.3 cm³/mol. The third-order valence-electron chi connectivity index (χ3n) is 4.67. The van der Waals surface area contributed by atoms with E-state index in [4.69, 9.17) is 14.7 Å². The molecule has 2 aromatic rings. The normalized spacial score (nSPS) is 20.2. The smallest absolute Gasteiger partial charge is 0.227 e. The van der Waals surface area contributed by atoms with E-state index in [9.17, 15) is 0 Å². The zero-order valence-corrected chi connectivity index (χ0v) is 13.6. The molecule has 2 aliphatic rings. The molecule has 0 saturated carbocycles. The quantitative estimate of drug-likeness (QED) is 0.831. The zero-order valence-electron chi connectivity index (χ0n) is 13.6. The highest BCUT2D eigenvalue weighted by molar-refractivity contribution is 5.90. The number of ether oxygens (including phenoxy) is 1. The molecule has 2 aliphatic heterocycles. The summed E-state index contributed by atoms with van der Waals surface area (Å²) in [6.45, 7) is 7.40. The van der Waals surface area contributed by atoms with E-state index in [0.717, 1.165) is 75.2 Å². The third-order valence-corrected chi connectivity index (χ3v) is 4.67. The maximum Gasteiger partial charge on any atom is 0.227 e. The molecular formula is C17H23N5O. The van der Waals surface area contributed by atoms with E-state index in [0.29, 0.717) is 0 Å². The van der Waals surface area contributed by atoms with Gasteiger partial charge < -0.3 is 19.4 Å². The number of aromatic nitrogens is 2. The number of para-hydroxylation sites is 1. The Kier molecular flexibility index (Phi) is 4.01. The minimum absolute atomic E-state index is 0.766. The van der Waals surface area contributed by atoms with Gasteiger partial charge in [-0.2, -0.15) is 4.98 Å². The van der Waals surface area contributed by atoms with Crippen LogP contribution in [-0.4, -0.2) is 74.4 Å². The van der Waals surface area contributed by atoms with Crippen LogP contribution in [-0.2, 0) is 4.74 Å². The molecule has 0 N–H and O–H groups in total. The van der Waals surface area contributed by atoms with Gasteiger partial charge in [-0.25, -0.2) is 4.98 Å². The minimum Gasteiger partial charge on any atom is -0.378 e. The highest BCUT2D eigenvalue weighted by Gasteiger charge is 2.21. The molecule has 6 nitrogen and oxygen atoms in total. The van der Waals surface area contributed by atoms with E-state index < -0.39 is 0 Å². The molecule has 0 unspecified atom stereocenters.